The van der Waals surface area contributed by atoms with Gasteiger partial charge in [0, 0.05) is 6.61 Å². The third-order valence-electron chi connectivity index (χ3n) is 8.27. The molecule has 0 spiro atoms. The van der Waals surface area contributed by atoms with Crippen molar-refractivity contribution in [2.45, 2.75) is 77.6 Å². The van der Waals surface area contributed by atoms with E-state index in [4.69, 9.17) is 4.74 Å². The van der Waals surface area contributed by atoms with Gasteiger partial charge in [-0.1, -0.05) is 31.9 Å². The van der Waals surface area contributed by atoms with Crippen molar-refractivity contribution < 1.29 is 19.7 Å². The van der Waals surface area contributed by atoms with Gasteiger partial charge in [-0.05, 0) is 73.8 Å². The molecule has 0 amide bonds. The lowest BCUT2D eigenvalue weighted by Gasteiger charge is -2.57. The van der Waals surface area contributed by atoms with Crippen LogP contribution in [0.3, 0.4) is 0 Å². The minimum Gasteiger partial charge on any atom is -0.396 e. The number of rotatable bonds is 3. The first-order chi connectivity index (χ1) is 12.2. The lowest BCUT2D eigenvalue weighted by Crippen LogP contribution is -2.52. The Morgan fingerprint density at radius 2 is 2.00 bits per heavy atom. The van der Waals surface area contributed by atoms with E-state index in [9.17, 15) is 15.0 Å². The van der Waals surface area contributed by atoms with Gasteiger partial charge in [0.25, 0.3) is 0 Å². The summed E-state index contributed by atoms with van der Waals surface area (Å²) in [4.78, 5) is 12.4. The fourth-order valence-corrected chi connectivity index (χ4v) is 6.49. The van der Waals surface area contributed by atoms with Gasteiger partial charge in [-0.25, -0.2) is 0 Å². The third kappa shape index (κ3) is 2.35. The minimum absolute atomic E-state index is 0.0262. The van der Waals surface area contributed by atoms with E-state index in [1.807, 2.05) is 0 Å². The van der Waals surface area contributed by atoms with E-state index in [0.717, 1.165) is 25.7 Å². The number of aliphatic hydroxyl groups excluding tert-OH is 2. The molecule has 2 fully saturated rings. The zero-order valence-corrected chi connectivity index (χ0v) is 16.4. The van der Waals surface area contributed by atoms with Crippen molar-refractivity contribution in [1.82, 2.24) is 0 Å². The lowest BCUT2D eigenvalue weighted by molar-refractivity contribution is -0.117. The quantitative estimate of drug-likeness (QED) is 0.599. The molecule has 4 nitrogen and oxygen atoms in total. The summed E-state index contributed by atoms with van der Waals surface area (Å²) in [5, 5.41) is 20.8. The molecule has 0 aromatic rings. The molecule has 1 aliphatic heterocycles. The Morgan fingerprint density at radius 1 is 1.27 bits per heavy atom. The standard InChI is InChI=1S/C22H32O4/c1-13-6-7-16-20(3,12-23)8-5-9-21(16,4)15(13)11-22-17(24)10-14(2)18(25)19(22)26-22/h6,10,15-17,19,23-24H,5,7-9,11-12H2,1-4H3. The topological polar surface area (TPSA) is 70.1 Å². The van der Waals surface area contributed by atoms with Gasteiger partial charge in [-0.2, -0.15) is 0 Å². The van der Waals surface area contributed by atoms with Crippen molar-refractivity contribution in [3.05, 3.63) is 23.3 Å². The van der Waals surface area contributed by atoms with Gasteiger partial charge in [0.05, 0.1) is 0 Å². The van der Waals surface area contributed by atoms with Crippen LogP contribution < -0.4 is 0 Å². The van der Waals surface area contributed by atoms with Gasteiger partial charge >= 0.3 is 0 Å². The van der Waals surface area contributed by atoms with Crippen molar-refractivity contribution in [2.24, 2.45) is 22.7 Å². The molecule has 2 N–H and O–H groups in total. The summed E-state index contributed by atoms with van der Waals surface area (Å²) in [6.45, 7) is 8.75. The largest absolute Gasteiger partial charge is 0.396 e. The van der Waals surface area contributed by atoms with Crippen LogP contribution in [-0.2, 0) is 9.53 Å². The molecule has 0 radical (unpaired) electrons. The molecule has 1 saturated carbocycles. The first kappa shape index (κ1) is 18.4. The van der Waals surface area contributed by atoms with Gasteiger partial charge in [-0.15, -0.1) is 0 Å². The average Bonchev–Trinajstić information content (AvgIpc) is 3.33. The van der Waals surface area contributed by atoms with Crippen LogP contribution >= 0.6 is 0 Å². The Bertz CT molecular complexity index is 694. The average molecular weight is 360 g/mol. The summed E-state index contributed by atoms with van der Waals surface area (Å²) in [5.41, 5.74) is 1.23. The van der Waals surface area contributed by atoms with Crippen molar-refractivity contribution in [3.63, 3.8) is 0 Å². The van der Waals surface area contributed by atoms with Crippen LogP contribution in [0.2, 0.25) is 0 Å². The number of carbonyl (C=O) groups excluding carboxylic acids is 1. The van der Waals surface area contributed by atoms with Crippen molar-refractivity contribution in [3.8, 4) is 0 Å². The van der Waals surface area contributed by atoms with Gasteiger partial charge in [-0.3, -0.25) is 4.79 Å². The molecule has 1 saturated heterocycles. The first-order valence-electron chi connectivity index (χ1n) is 10.0. The summed E-state index contributed by atoms with van der Waals surface area (Å²) < 4.78 is 5.89. The minimum atomic E-state index is -0.742. The van der Waals surface area contributed by atoms with Crippen LogP contribution in [0.4, 0.5) is 0 Å². The molecule has 4 heteroatoms. The Hall–Kier alpha value is -0.970. The third-order valence-corrected chi connectivity index (χ3v) is 8.27. The van der Waals surface area contributed by atoms with E-state index in [2.05, 4.69) is 26.8 Å². The van der Waals surface area contributed by atoms with Crippen molar-refractivity contribution in [2.75, 3.05) is 6.61 Å². The predicted octanol–water partition coefficient (Wildman–Crippen LogP) is 3.18. The number of Topliss-reactive ketones (excluding diaryl/α,β-unsaturated/α-hetero) is 1. The van der Waals surface area contributed by atoms with E-state index in [-0.39, 0.29) is 29.1 Å². The number of ketones is 1. The molecule has 144 valence electrons. The number of fused-ring (bicyclic) bond motifs is 2. The summed E-state index contributed by atoms with van der Waals surface area (Å²) in [6, 6.07) is 0. The fourth-order valence-electron chi connectivity index (χ4n) is 6.49. The van der Waals surface area contributed by atoms with Gasteiger partial charge in [0.15, 0.2) is 11.9 Å². The molecular weight excluding hydrogens is 328 g/mol. The SMILES string of the molecule is CC1=CC(O)C2(CC3C(C)=CCC4C(C)(CO)CCCC34C)OC2C1=O. The summed E-state index contributed by atoms with van der Waals surface area (Å²) in [7, 11) is 0. The molecule has 7 atom stereocenters. The van der Waals surface area contributed by atoms with Crippen molar-refractivity contribution in [1.29, 1.82) is 0 Å². The maximum Gasteiger partial charge on any atom is 0.190 e. The van der Waals surface area contributed by atoms with E-state index in [1.165, 1.54) is 5.57 Å². The zero-order chi connectivity index (χ0) is 18.9. The van der Waals surface area contributed by atoms with Crippen LogP contribution in [0.15, 0.2) is 23.3 Å². The number of allylic oxidation sites excluding steroid dienone is 2. The zero-order valence-electron chi connectivity index (χ0n) is 16.4. The highest BCUT2D eigenvalue weighted by atomic mass is 16.6. The van der Waals surface area contributed by atoms with Crippen LogP contribution in [-0.4, -0.2) is 40.4 Å². The normalized spacial score (nSPS) is 50.5. The number of epoxide rings is 1. The number of carbonyl (C=O) groups is 1. The van der Waals surface area contributed by atoms with Crippen LogP contribution in [0.25, 0.3) is 0 Å². The second-order valence-corrected chi connectivity index (χ2v) is 9.78. The smallest absolute Gasteiger partial charge is 0.190 e. The maximum absolute atomic E-state index is 12.4. The molecule has 4 aliphatic rings. The molecular formula is C22H32O4. The summed E-state index contributed by atoms with van der Waals surface area (Å²) in [5.74, 6) is 0.717. The molecule has 0 aromatic heterocycles. The highest BCUT2D eigenvalue weighted by molar-refractivity contribution is 6.02. The molecule has 4 rings (SSSR count). The summed E-state index contributed by atoms with van der Waals surface area (Å²) >= 11 is 0. The highest BCUT2D eigenvalue weighted by Crippen LogP contribution is 2.63. The Kier molecular flexibility index (Phi) is 4.08. The molecule has 7 unspecified atom stereocenters. The number of aliphatic hydroxyl groups is 2. The molecule has 1 heterocycles. The molecule has 0 bridgehead atoms. The van der Waals surface area contributed by atoms with Gasteiger partial charge in [0.2, 0.25) is 0 Å². The van der Waals surface area contributed by atoms with E-state index >= 15 is 0 Å². The molecule has 26 heavy (non-hydrogen) atoms. The highest BCUT2D eigenvalue weighted by Gasteiger charge is 2.68. The number of ether oxygens (including phenoxy) is 1. The number of hydrogen-bond donors (Lipinski definition) is 2. The van der Waals surface area contributed by atoms with Gasteiger partial charge in [0.1, 0.15) is 11.7 Å². The van der Waals surface area contributed by atoms with E-state index < -0.39 is 17.8 Å². The summed E-state index contributed by atoms with van der Waals surface area (Å²) in [6.07, 6.45) is 7.81. The van der Waals surface area contributed by atoms with Crippen molar-refractivity contribution >= 4 is 5.78 Å². The first-order valence-corrected chi connectivity index (χ1v) is 10.0. The fraction of sp³-hybridized carbons (Fsp3) is 0.773. The second-order valence-electron chi connectivity index (χ2n) is 9.78. The van der Waals surface area contributed by atoms with E-state index in [1.54, 1.807) is 13.0 Å². The van der Waals surface area contributed by atoms with Crippen LogP contribution in [0, 0.1) is 22.7 Å². The second kappa shape index (κ2) is 5.76. The molecule has 3 aliphatic carbocycles. The lowest BCUT2D eigenvalue weighted by atomic mass is 9.47. The number of hydrogen-bond acceptors (Lipinski definition) is 4. The maximum atomic E-state index is 12.4. The van der Waals surface area contributed by atoms with Gasteiger partial charge < -0.3 is 14.9 Å². The van der Waals surface area contributed by atoms with E-state index in [0.29, 0.717) is 17.9 Å². The Morgan fingerprint density at radius 3 is 2.69 bits per heavy atom. The molecule has 0 aromatic carbocycles. The predicted molar refractivity (Wildman–Crippen MR) is 99.5 cm³/mol. The Labute approximate surface area is 156 Å². The monoisotopic (exact) mass is 360 g/mol. The van der Waals surface area contributed by atoms with Crippen LogP contribution in [0.1, 0.15) is 59.8 Å². The van der Waals surface area contributed by atoms with Crippen LogP contribution in [0.5, 0.6) is 0 Å². The Balaban J connectivity index is 1.67.